The molecule has 0 spiro atoms. The second-order valence-electron chi connectivity index (χ2n) is 11.4. The van der Waals surface area contributed by atoms with E-state index in [2.05, 4.69) is 35.6 Å². The molecule has 1 atom stereocenters. The molecule has 4 heterocycles. The third-order valence-electron chi connectivity index (χ3n) is 8.19. The molecule has 1 unspecified atom stereocenters. The molecule has 0 bridgehead atoms. The summed E-state index contributed by atoms with van der Waals surface area (Å²) in [5.41, 5.74) is 3.29. The van der Waals surface area contributed by atoms with Crippen LogP contribution in [0.5, 0.6) is 0 Å². The SMILES string of the molecule is Cn1nnc(C(c2ccccc2)N2CCN(C(=O)c3cc(-c4nc5cc(NC(=O)C6CC(F)(F)C6)ccc5o4)ccn3)CC2)n1. The summed E-state index contributed by atoms with van der Waals surface area (Å²) in [4.78, 5) is 40.2. The predicted octanol–water partition coefficient (Wildman–Crippen LogP) is 3.94. The van der Waals surface area contributed by atoms with Gasteiger partial charge in [0.05, 0.1) is 13.1 Å². The Kier molecular flexibility index (Phi) is 7.28. The van der Waals surface area contributed by atoms with Gasteiger partial charge in [0.1, 0.15) is 11.2 Å². The smallest absolute Gasteiger partial charge is 0.272 e. The molecule has 5 aromatic rings. The number of tetrazole rings is 1. The van der Waals surface area contributed by atoms with Crippen molar-refractivity contribution in [3.05, 3.63) is 83.9 Å². The summed E-state index contributed by atoms with van der Waals surface area (Å²) in [6.45, 7) is 2.20. The molecule has 1 aliphatic heterocycles. The molecule has 230 valence electrons. The van der Waals surface area contributed by atoms with E-state index < -0.39 is 30.6 Å². The van der Waals surface area contributed by atoms with Crippen LogP contribution in [0.1, 0.15) is 40.8 Å². The number of carbonyl (C=O) groups excluding carboxylic acids is 2. The van der Waals surface area contributed by atoms with E-state index in [1.165, 1.54) is 4.80 Å². The first-order valence-corrected chi connectivity index (χ1v) is 14.6. The fourth-order valence-corrected chi connectivity index (χ4v) is 5.81. The minimum atomic E-state index is -2.77. The lowest BCUT2D eigenvalue weighted by Crippen LogP contribution is -2.50. The lowest BCUT2D eigenvalue weighted by atomic mass is 9.81. The highest BCUT2D eigenvalue weighted by atomic mass is 19.3. The van der Waals surface area contributed by atoms with Crippen LogP contribution in [-0.2, 0) is 11.8 Å². The molecule has 2 aromatic carbocycles. The molecule has 12 nitrogen and oxygen atoms in total. The first kappa shape index (κ1) is 28.6. The summed E-state index contributed by atoms with van der Waals surface area (Å²) >= 11 is 0. The molecule has 3 aromatic heterocycles. The lowest BCUT2D eigenvalue weighted by molar-refractivity contribution is -0.145. The van der Waals surface area contributed by atoms with Gasteiger partial charge in [0.25, 0.3) is 5.91 Å². The van der Waals surface area contributed by atoms with Gasteiger partial charge in [-0.1, -0.05) is 30.3 Å². The number of nitrogens with one attached hydrogen (secondary N) is 1. The summed E-state index contributed by atoms with van der Waals surface area (Å²) in [5.74, 6) is -3.23. The number of rotatable bonds is 7. The topological polar surface area (TPSA) is 135 Å². The molecule has 45 heavy (non-hydrogen) atoms. The number of halogens is 2. The van der Waals surface area contributed by atoms with E-state index in [1.54, 1.807) is 48.5 Å². The Morgan fingerprint density at radius 1 is 1.02 bits per heavy atom. The summed E-state index contributed by atoms with van der Waals surface area (Å²) in [5, 5.41) is 15.4. The molecule has 0 radical (unpaired) electrons. The van der Waals surface area contributed by atoms with Crippen LogP contribution in [0, 0.1) is 5.92 Å². The van der Waals surface area contributed by atoms with E-state index >= 15 is 0 Å². The number of alkyl halides is 2. The largest absolute Gasteiger partial charge is 0.436 e. The van der Waals surface area contributed by atoms with Crippen molar-refractivity contribution in [2.75, 3.05) is 31.5 Å². The average molecular weight is 614 g/mol. The van der Waals surface area contributed by atoms with Crippen molar-refractivity contribution in [1.29, 1.82) is 0 Å². The number of piperazine rings is 1. The van der Waals surface area contributed by atoms with Gasteiger partial charge in [-0.15, -0.1) is 10.2 Å². The predicted molar refractivity (Wildman–Crippen MR) is 158 cm³/mol. The second-order valence-corrected chi connectivity index (χ2v) is 11.4. The van der Waals surface area contributed by atoms with E-state index in [0.717, 1.165) is 5.56 Å². The normalized spacial score (nSPS) is 17.6. The number of aryl methyl sites for hydroxylation is 1. The van der Waals surface area contributed by atoms with E-state index in [9.17, 15) is 18.4 Å². The fraction of sp³-hybridized carbons (Fsp3) is 0.323. The number of hydrogen-bond donors (Lipinski definition) is 1. The third-order valence-corrected chi connectivity index (χ3v) is 8.19. The Hall–Kier alpha value is -5.11. The van der Waals surface area contributed by atoms with E-state index in [0.29, 0.717) is 54.4 Å². The Labute approximate surface area is 256 Å². The van der Waals surface area contributed by atoms with Crippen LogP contribution >= 0.6 is 0 Å². The number of benzene rings is 2. The van der Waals surface area contributed by atoms with E-state index in [4.69, 9.17) is 4.42 Å². The van der Waals surface area contributed by atoms with Gasteiger partial charge in [-0.05, 0) is 41.1 Å². The fourth-order valence-electron chi connectivity index (χ4n) is 5.81. The number of aromatic nitrogens is 6. The second kappa shape index (κ2) is 11.4. The van der Waals surface area contributed by atoms with Crippen LogP contribution in [0.25, 0.3) is 22.6 Å². The van der Waals surface area contributed by atoms with E-state index in [1.807, 2.05) is 30.3 Å². The van der Waals surface area contributed by atoms with E-state index in [-0.39, 0.29) is 23.5 Å². The van der Waals surface area contributed by atoms with Crippen LogP contribution in [0.2, 0.25) is 0 Å². The first-order valence-electron chi connectivity index (χ1n) is 14.6. The zero-order valence-electron chi connectivity index (χ0n) is 24.3. The highest BCUT2D eigenvalue weighted by molar-refractivity contribution is 5.95. The molecular formula is C31H29F2N9O3. The molecular weight excluding hydrogens is 584 g/mol. The summed E-state index contributed by atoms with van der Waals surface area (Å²) < 4.78 is 32.3. The van der Waals surface area contributed by atoms with Crippen LogP contribution < -0.4 is 5.32 Å². The maximum absolute atomic E-state index is 13.5. The number of anilines is 1. The van der Waals surface area contributed by atoms with Crippen molar-refractivity contribution < 1.29 is 22.8 Å². The Bertz CT molecular complexity index is 1860. The molecule has 1 saturated heterocycles. The molecule has 1 saturated carbocycles. The number of pyridine rings is 1. The van der Waals surface area contributed by atoms with Crippen LogP contribution in [0.3, 0.4) is 0 Å². The van der Waals surface area contributed by atoms with Crippen molar-refractivity contribution in [1.82, 2.24) is 40.0 Å². The highest BCUT2D eigenvalue weighted by Gasteiger charge is 2.48. The molecule has 2 aliphatic rings. The zero-order valence-corrected chi connectivity index (χ0v) is 24.3. The molecule has 2 fully saturated rings. The van der Waals surface area contributed by atoms with Crippen molar-refractivity contribution in [3.63, 3.8) is 0 Å². The lowest BCUT2D eigenvalue weighted by Gasteiger charge is -2.38. The highest BCUT2D eigenvalue weighted by Crippen LogP contribution is 2.43. The van der Waals surface area contributed by atoms with Gasteiger partial charge in [-0.2, -0.15) is 4.80 Å². The zero-order chi connectivity index (χ0) is 31.1. The number of oxazole rings is 1. The Balaban J connectivity index is 1.03. The Morgan fingerprint density at radius 2 is 1.80 bits per heavy atom. The maximum atomic E-state index is 13.5. The molecule has 2 amide bonds. The van der Waals surface area contributed by atoms with Crippen molar-refractivity contribution in [3.8, 4) is 11.5 Å². The molecule has 14 heteroatoms. The summed E-state index contributed by atoms with van der Waals surface area (Å²) in [6, 6.07) is 18.1. The number of carbonyl (C=O) groups is 2. The number of hydrogen-bond acceptors (Lipinski definition) is 9. The van der Waals surface area contributed by atoms with Gasteiger partial charge < -0.3 is 14.6 Å². The standard InChI is InChI=1S/C31H29F2N9O3/c1-40-38-27(37-39-40)26(19-5-3-2-4-6-19)41-11-13-42(14-12-41)30(44)24-15-20(9-10-34-24)29-36-23-16-22(7-8-25(23)45-29)35-28(43)21-17-31(32,33)18-21/h2-10,15-16,21,26H,11-14,17-18H2,1H3,(H,35,43). The maximum Gasteiger partial charge on any atom is 0.272 e. The molecule has 1 aliphatic carbocycles. The minimum absolute atomic E-state index is 0.186. The average Bonchev–Trinajstić information content (AvgIpc) is 3.66. The number of amides is 2. The van der Waals surface area contributed by atoms with Crippen LogP contribution in [0.15, 0.2) is 71.3 Å². The van der Waals surface area contributed by atoms with Gasteiger partial charge in [-0.3, -0.25) is 19.5 Å². The monoisotopic (exact) mass is 613 g/mol. The van der Waals surface area contributed by atoms with Crippen molar-refractivity contribution in [2.45, 2.75) is 24.8 Å². The van der Waals surface area contributed by atoms with Crippen molar-refractivity contribution in [2.24, 2.45) is 13.0 Å². The van der Waals surface area contributed by atoms with Gasteiger partial charge in [0.2, 0.25) is 17.7 Å². The van der Waals surface area contributed by atoms with Gasteiger partial charge in [0.15, 0.2) is 11.4 Å². The third kappa shape index (κ3) is 5.88. The van der Waals surface area contributed by atoms with Gasteiger partial charge in [-0.25, -0.2) is 13.8 Å². The van der Waals surface area contributed by atoms with Crippen LogP contribution in [-0.4, -0.2) is 83.9 Å². The summed E-state index contributed by atoms with van der Waals surface area (Å²) in [6.07, 6.45) is 0.657. The summed E-state index contributed by atoms with van der Waals surface area (Å²) in [7, 11) is 1.73. The Morgan fingerprint density at radius 3 is 2.51 bits per heavy atom. The van der Waals surface area contributed by atoms with Crippen molar-refractivity contribution >= 4 is 28.6 Å². The molecule has 7 rings (SSSR count). The van der Waals surface area contributed by atoms with Gasteiger partial charge >= 0.3 is 0 Å². The quantitative estimate of drug-likeness (QED) is 0.290. The number of nitrogens with zero attached hydrogens (tertiary/aromatic N) is 8. The number of fused-ring (bicyclic) bond motifs is 1. The minimum Gasteiger partial charge on any atom is -0.436 e. The van der Waals surface area contributed by atoms with Crippen LogP contribution in [0.4, 0.5) is 14.5 Å². The first-order chi connectivity index (χ1) is 21.7. The van der Waals surface area contributed by atoms with Gasteiger partial charge in [0, 0.05) is 62.4 Å². The molecule has 1 N–H and O–H groups in total.